The Labute approximate surface area is 168 Å². The summed E-state index contributed by atoms with van der Waals surface area (Å²) in [6.07, 6.45) is -2.83. The molecular formula is C9H14BrN2O14P3. The summed E-state index contributed by atoms with van der Waals surface area (Å²) in [5.41, 5.74) is -1.56. The van der Waals surface area contributed by atoms with Gasteiger partial charge in [-0.2, -0.15) is 8.62 Å². The Balaban J connectivity index is 2.03. The van der Waals surface area contributed by atoms with Crippen LogP contribution in [0.4, 0.5) is 0 Å². The minimum Gasteiger partial charge on any atom is -0.390 e. The lowest BCUT2D eigenvalue weighted by atomic mass is 10.2. The van der Waals surface area contributed by atoms with Gasteiger partial charge in [-0.1, -0.05) is 0 Å². The second-order valence-corrected chi connectivity index (χ2v) is 10.7. The van der Waals surface area contributed by atoms with Gasteiger partial charge in [0.15, 0.2) is 0 Å². The summed E-state index contributed by atoms with van der Waals surface area (Å²) in [7, 11) is -16.6. The fourth-order valence-corrected chi connectivity index (χ4v) is 5.53. The van der Waals surface area contributed by atoms with Gasteiger partial charge in [0.2, 0.25) is 0 Å². The first-order valence-electron chi connectivity index (χ1n) is 7.21. The van der Waals surface area contributed by atoms with Gasteiger partial charge in [0, 0.05) is 12.6 Å². The highest BCUT2D eigenvalue weighted by Gasteiger charge is 2.42. The molecule has 5 atom stereocenters. The summed E-state index contributed by atoms with van der Waals surface area (Å²) in [4.78, 5) is 60.5. The molecule has 0 bridgehead atoms. The second kappa shape index (κ2) is 8.93. The maximum absolute atomic E-state index is 11.8. The van der Waals surface area contributed by atoms with E-state index >= 15 is 0 Å². The van der Waals surface area contributed by atoms with Crippen LogP contribution >= 0.6 is 39.4 Å². The summed E-state index contributed by atoms with van der Waals surface area (Å²) < 4.78 is 51.2. The Bertz CT molecular complexity index is 1020. The van der Waals surface area contributed by atoms with Crippen LogP contribution in [0.1, 0.15) is 12.6 Å². The van der Waals surface area contributed by atoms with E-state index < -0.39 is 59.8 Å². The molecule has 0 radical (unpaired) electrons. The van der Waals surface area contributed by atoms with Gasteiger partial charge < -0.3 is 29.4 Å². The van der Waals surface area contributed by atoms with Gasteiger partial charge >= 0.3 is 29.2 Å². The zero-order valence-corrected chi connectivity index (χ0v) is 18.1. The monoisotopic (exact) mass is 546 g/mol. The number of H-pyrrole nitrogens is 1. The molecule has 1 aliphatic heterocycles. The highest BCUT2D eigenvalue weighted by Crippen LogP contribution is 2.66. The zero-order chi connectivity index (χ0) is 22.2. The van der Waals surface area contributed by atoms with E-state index in [1.54, 1.807) is 0 Å². The van der Waals surface area contributed by atoms with Gasteiger partial charge in [-0.15, -0.1) is 0 Å². The molecule has 6 N–H and O–H groups in total. The van der Waals surface area contributed by atoms with Crippen LogP contribution in [0.3, 0.4) is 0 Å². The third kappa shape index (κ3) is 7.29. The Morgan fingerprint density at radius 1 is 1.17 bits per heavy atom. The topological polar surface area (TPSA) is 244 Å². The van der Waals surface area contributed by atoms with Crippen LogP contribution in [-0.4, -0.2) is 53.0 Å². The van der Waals surface area contributed by atoms with Crippen molar-refractivity contribution in [3.8, 4) is 0 Å². The van der Waals surface area contributed by atoms with Crippen molar-refractivity contribution in [2.45, 2.75) is 24.9 Å². The van der Waals surface area contributed by atoms with E-state index in [0.717, 1.165) is 10.8 Å². The Hall–Kier alpha value is -0.510. The van der Waals surface area contributed by atoms with Crippen molar-refractivity contribution in [2.24, 2.45) is 0 Å². The minimum absolute atomic E-state index is 0.00750. The number of nitrogens with one attached hydrogen (secondary N) is 1. The summed E-state index contributed by atoms with van der Waals surface area (Å²) in [6.45, 7) is -0.888. The number of aliphatic hydroxyl groups excluding tert-OH is 1. The van der Waals surface area contributed by atoms with E-state index in [1.165, 1.54) is 0 Å². The molecule has 2 rings (SSSR count). The quantitative estimate of drug-likeness (QED) is 0.220. The van der Waals surface area contributed by atoms with Crippen LogP contribution in [0.15, 0.2) is 20.3 Å². The first-order valence-corrected chi connectivity index (χ1v) is 12.5. The number of phosphoric acid groups is 3. The van der Waals surface area contributed by atoms with Crippen molar-refractivity contribution in [2.75, 3.05) is 6.61 Å². The highest BCUT2D eigenvalue weighted by atomic mass is 79.9. The van der Waals surface area contributed by atoms with Crippen LogP contribution in [0, 0.1) is 0 Å². The van der Waals surface area contributed by atoms with E-state index in [9.17, 15) is 33.3 Å². The van der Waals surface area contributed by atoms with E-state index in [4.69, 9.17) is 19.4 Å². The molecular weight excluding hydrogens is 533 g/mol. The van der Waals surface area contributed by atoms with Gasteiger partial charge in [-0.25, -0.2) is 18.5 Å². The Morgan fingerprint density at radius 2 is 1.79 bits per heavy atom. The highest BCUT2D eigenvalue weighted by molar-refractivity contribution is 9.10. The van der Waals surface area contributed by atoms with Gasteiger partial charge in [0.1, 0.15) is 12.3 Å². The Morgan fingerprint density at radius 3 is 2.38 bits per heavy atom. The normalized spacial score (nSPS) is 26.8. The number of aliphatic hydroxyl groups is 1. The van der Waals surface area contributed by atoms with E-state index in [2.05, 4.69) is 29.1 Å². The number of ether oxygens (including phenoxy) is 1. The molecule has 16 nitrogen and oxygen atoms in total. The van der Waals surface area contributed by atoms with Gasteiger partial charge in [0.25, 0.3) is 5.56 Å². The van der Waals surface area contributed by atoms with Crippen LogP contribution in [0.25, 0.3) is 0 Å². The standard InChI is InChI=1S/C9H14BrN2O14P3/c10-4-2-12(9(15)11-8(4)14)7-1-5(13)6(24-7)3-23-28(19,20)26-29(21,22)25-27(16,17)18/h2,5-7,13H,1,3H2,(H,19,20)(H,21,22)(H,11,14,15)(H2,16,17,18)/t5-,6-,7+/m0/s1. The van der Waals surface area contributed by atoms with Crippen molar-refractivity contribution < 1.29 is 56.3 Å². The predicted molar refractivity (Wildman–Crippen MR) is 93.4 cm³/mol. The molecule has 2 heterocycles. The lowest BCUT2D eigenvalue weighted by Crippen LogP contribution is -2.32. The lowest BCUT2D eigenvalue weighted by molar-refractivity contribution is -0.0450. The summed E-state index contributed by atoms with van der Waals surface area (Å²) in [6, 6.07) is 0. The fourth-order valence-electron chi connectivity index (χ4n) is 2.18. The van der Waals surface area contributed by atoms with Crippen molar-refractivity contribution in [3.63, 3.8) is 0 Å². The molecule has 1 fully saturated rings. The molecule has 20 heteroatoms. The molecule has 0 aliphatic carbocycles. The maximum atomic E-state index is 11.8. The van der Waals surface area contributed by atoms with Crippen molar-refractivity contribution >= 4 is 39.4 Å². The van der Waals surface area contributed by atoms with Gasteiger partial charge in [-0.05, 0) is 15.9 Å². The molecule has 0 spiro atoms. The predicted octanol–water partition coefficient (Wildman–Crippen LogP) is -0.709. The van der Waals surface area contributed by atoms with Crippen LogP contribution < -0.4 is 11.2 Å². The van der Waals surface area contributed by atoms with Crippen LogP contribution in [0.2, 0.25) is 0 Å². The first-order chi connectivity index (χ1) is 13.1. The van der Waals surface area contributed by atoms with Crippen LogP contribution in [-0.2, 0) is 31.6 Å². The molecule has 0 amide bonds. The maximum Gasteiger partial charge on any atom is 0.490 e. The number of rotatable bonds is 8. The molecule has 0 saturated carbocycles. The molecule has 166 valence electrons. The summed E-state index contributed by atoms with van der Waals surface area (Å²) in [5.74, 6) is 0. The number of hydrogen-bond donors (Lipinski definition) is 6. The zero-order valence-electron chi connectivity index (χ0n) is 13.8. The van der Waals surface area contributed by atoms with Crippen LogP contribution in [0.5, 0.6) is 0 Å². The summed E-state index contributed by atoms with van der Waals surface area (Å²) in [5, 5.41) is 9.97. The molecule has 29 heavy (non-hydrogen) atoms. The number of nitrogens with zero attached hydrogens (tertiary/aromatic N) is 1. The number of aromatic nitrogens is 2. The molecule has 1 aromatic rings. The molecule has 1 saturated heterocycles. The molecule has 1 aliphatic rings. The number of phosphoric ester groups is 1. The van der Waals surface area contributed by atoms with E-state index in [1.807, 2.05) is 4.98 Å². The Kier molecular flexibility index (Phi) is 7.62. The number of hydrogen-bond acceptors (Lipinski definition) is 10. The largest absolute Gasteiger partial charge is 0.490 e. The van der Waals surface area contributed by atoms with Crippen molar-refractivity contribution in [1.29, 1.82) is 0 Å². The smallest absolute Gasteiger partial charge is 0.390 e. The third-order valence-corrected chi connectivity index (χ3v) is 7.62. The second-order valence-electron chi connectivity index (χ2n) is 5.46. The summed E-state index contributed by atoms with van der Waals surface area (Å²) >= 11 is 2.91. The van der Waals surface area contributed by atoms with Crippen molar-refractivity contribution in [1.82, 2.24) is 9.55 Å². The van der Waals surface area contributed by atoms with E-state index in [-0.39, 0.29) is 10.9 Å². The average molecular weight is 547 g/mol. The minimum atomic E-state index is -5.68. The van der Waals surface area contributed by atoms with Crippen molar-refractivity contribution in [3.05, 3.63) is 31.5 Å². The fraction of sp³-hybridized carbons (Fsp3) is 0.556. The average Bonchev–Trinajstić information content (AvgIpc) is 2.86. The molecule has 0 aromatic carbocycles. The van der Waals surface area contributed by atoms with E-state index in [0.29, 0.717) is 0 Å². The molecule has 2 unspecified atom stereocenters. The van der Waals surface area contributed by atoms with Gasteiger partial charge in [-0.3, -0.25) is 18.9 Å². The SMILES string of the molecule is O=c1[nH]c(=O)n([C@H]2C[C@H](O)[C@H](COP(=O)(O)OP(=O)(O)OP(=O)(O)O)O2)cc1Br. The third-order valence-electron chi connectivity index (χ3n) is 3.26. The van der Waals surface area contributed by atoms with Gasteiger partial charge in [0.05, 0.1) is 17.2 Å². The number of aromatic amines is 1. The molecule has 1 aromatic heterocycles. The lowest BCUT2D eigenvalue weighted by Gasteiger charge is -2.19. The number of halogens is 1. The first kappa shape index (κ1) is 24.8.